The highest BCUT2D eigenvalue weighted by atomic mass is 16.5. The van der Waals surface area contributed by atoms with Gasteiger partial charge in [-0.15, -0.1) is 20.4 Å². The molecule has 0 amide bonds. The molecule has 66 heavy (non-hydrogen) atoms. The monoisotopic (exact) mass is 884 g/mol. The lowest BCUT2D eigenvalue weighted by Crippen LogP contribution is -2.19. The van der Waals surface area contributed by atoms with Crippen LogP contribution in [-0.2, 0) is 31.1 Å². The van der Waals surface area contributed by atoms with E-state index in [-0.39, 0.29) is 29.2 Å². The van der Waals surface area contributed by atoms with Gasteiger partial charge in [-0.2, -0.15) is 9.59 Å². The third kappa shape index (κ3) is 12.3. The Hall–Kier alpha value is -7.61. The highest BCUT2D eigenvalue weighted by Crippen LogP contribution is 2.42. The summed E-state index contributed by atoms with van der Waals surface area (Å²) < 4.78 is 11.8. The number of nitrogens with zero attached hydrogens (tertiary/aromatic N) is 10. The lowest BCUT2D eigenvalue weighted by molar-refractivity contribution is -0.138. The Morgan fingerprint density at radius 3 is 1.26 bits per heavy atom. The van der Waals surface area contributed by atoms with E-state index in [1.807, 2.05) is 79.7 Å². The number of benzene rings is 4. The lowest BCUT2D eigenvalue weighted by Gasteiger charge is -2.32. The molecular formula is C52H56N10O4. The molecule has 0 saturated heterocycles. The van der Waals surface area contributed by atoms with Crippen molar-refractivity contribution in [3.05, 3.63) is 179 Å². The zero-order valence-electron chi connectivity index (χ0n) is 38.5. The van der Waals surface area contributed by atoms with Gasteiger partial charge >= 0.3 is 5.97 Å². The van der Waals surface area contributed by atoms with E-state index in [4.69, 9.17) is 14.6 Å². The minimum Gasteiger partial charge on any atom is -0.487 e. The maximum Gasteiger partial charge on any atom is 0.327 e. The van der Waals surface area contributed by atoms with Gasteiger partial charge in [-0.05, 0) is 99.0 Å². The number of hydrogen-bond acceptors (Lipinski definition) is 11. The largest absolute Gasteiger partial charge is 0.487 e. The molecule has 0 spiro atoms. The molecule has 0 fully saturated rings. The van der Waals surface area contributed by atoms with E-state index in [0.717, 1.165) is 44.4 Å². The van der Waals surface area contributed by atoms with Crippen LogP contribution < -0.4 is 9.47 Å². The summed E-state index contributed by atoms with van der Waals surface area (Å²) in [6, 6.07) is 44.7. The summed E-state index contributed by atoms with van der Waals surface area (Å²) >= 11 is 0. The van der Waals surface area contributed by atoms with Gasteiger partial charge in [0.25, 0.3) is 0 Å². The van der Waals surface area contributed by atoms with Crippen molar-refractivity contribution in [1.29, 1.82) is 0 Å². The molecule has 8 rings (SSSR count). The van der Waals surface area contributed by atoms with Crippen LogP contribution >= 0.6 is 0 Å². The van der Waals surface area contributed by atoms with Gasteiger partial charge in [0.1, 0.15) is 24.7 Å². The van der Waals surface area contributed by atoms with Crippen molar-refractivity contribution in [2.45, 2.75) is 86.6 Å². The summed E-state index contributed by atoms with van der Waals surface area (Å²) in [5, 5.41) is 33.4. The molecule has 0 aliphatic heterocycles. The molecular weight excluding hydrogens is 829 g/mol. The molecule has 0 saturated carbocycles. The van der Waals surface area contributed by atoms with Crippen molar-refractivity contribution in [2.24, 2.45) is 10.8 Å². The van der Waals surface area contributed by atoms with Crippen LogP contribution in [0, 0.1) is 10.8 Å². The highest BCUT2D eigenvalue weighted by Gasteiger charge is 2.29. The van der Waals surface area contributed by atoms with Crippen molar-refractivity contribution >= 4 is 5.97 Å². The van der Waals surface area contributed by atoms with Crippen LogP contribution in [0.4, 0.5) is 0 Å². The number of ether oxygens (including phenoxy) is 2. The summed E-state index contributed by atoms with van der Waals surface area (Å²) in [4.78, 5) is 22.1. The van der Waals surface area contributed by atoms with E-state index in [0.29, 0.717) is 31.4 Å². The van der Waals surface area contributed by atoms with Crippen LogP contribution in [0.3, 0.4) is 0 Å². The molecule has 14 nitrogen and oxygen atoms in total. The Balaban J connectivity index is 0.000000197. The zero-order chi connectivity index (χ0) is 46.7. The maximum absolute atomic E-state index is 10.8. The third-order valence-corrected chi connectivity index (χ3v) is 10.9. The smallest absolute Gasteiger partial charge is 0.327 e. The Kier molecular flexibility index (Phi) is 14.7. The molecule has 1 N–H and O–H groups in total. The van der Waals surface area contributed by atoms with Crippen LogP contribution in [-0.4, -0.2) is 61.5 Å². The quantitative estimate of drug-likeness (QED) is 0.104. The number of tetrazole rings is 2. The van der Waals surface area contributed by atoms with Crippen molar-refractivity contribution < 1.29 is 19.4 Å². The van der Waals surface area contributed by atoms with E-state index >= 15 is 0 Å². The number of aromatic nitrogens is 10. The van der Waals surface area contributed by atoms with Gasteiger partial charge in [0, 0.05) is 35.4 Å². The molecule has 0 aliphatic carbocycles. The van der Waals surface area contributed by atoms with Gasteiger partial charge in [-0.25, -0.2) is 0 Å². The molecule has 4 aromatic carbocycles. The van der Waals surface area contributed by atoms with Gasteiger partial charge in [0.2, 0.25) is 11.6 Å². The van der Waals surface area contributed by atoms with Gasteiger partial charge < -0.3 is 14.6 Å². The molecule has 14 heteroatoms. The first-order chi connectivity index (χ1) is 31.7. The van der Waals surface area contributed by atoms with Gasteiger partial charge in [-0.3, -0.25) is 14.8 Å². The Morgan fingerprint density at radius 2 is 0.924 bits per heavy atom. The van der Waals surface area contributed by atoms with Crippen LogP contribution in [0.1, 0.15) is 93.9 Å². The van der Waals surface area contributed by atoms with Crippen molar-refractivity contribution in [2.75, 3.05) is 0 Å². The molecule has 4 heterocycles. The average molecular weight is 885 g/mol. The number of carboxylic acids is 1. The summed E-state index contributed by atoms with van der Waals surface area (Å²) in [6.45, 7) is 16.7. The summed E-state index contributed by atoms with van der Waals surface area (Å²) in [5.41, 5.74) is 8.44. The normalized spacial score (nSPS) is 12.4. The number of carboxylic acid groups (broad SMARTS) is 1. The standard InChI is InChI=1S/C26H27N5O3.C26H29N5O/c1-26(2,3)24(19-11-13-22(14-12-19)34-17-21-6-4-5-15-27-21)18-7-9-20(10-8-18)25-28-30-31(29-25)16-23(32)33;1-5-31-29-25(28-30-31)21-11-9-19(10-12-21)24(26(2,3)4)20-13-15-23(16-14-20)32-18-22-8-6-7-17-27-22/h4-15,24H,16-17H2,1-3H3,(H,32,33);6-17,24H,5,18H2,1-4H3. The molecule has 2 atom stereocenters. The second-order valence-corrected chi connectivity index (χ2v) is 18.0. The van der Waals surface area contributed by atoms with Crippen molar-refractivity contribution in [1.82, 2.24) is 50.4 Å². The second-order valence-electron chi connectivity index (χ2n) is 18.0. The third-order valence-electron chi connectivity index (χ3n) is 10.9. The molecule has 0 radical (unpaired) electrons. The van der Waals surface area contributed by atoms with E-state index < -0.39 is 5.97 Å². The fourth-order valence-corrected chi connectivity index (χ4v) is 7.87. The topological polar surface area (TPSA) is 169 Å². The minimum atomic E-state index is -1.01. The number of hydrogen-bond donors (Lipinski definition) is 1. The number of aryl methyl sites for hydroxylation is 1. The first kappa shape index (κ1) is 46.4. The molecule has 0 aliphatic rings. The van der Waals surface area contributed by atoms with Crippen molar-refractivity contribution in [3.8, 4) is 34.3 Å². The molecule has 2 unspecified atom stereocenters. The SMILES string of the molecule is CC(C)(C)C(c1ccc(OCc2ccccn2)cc1)c1ccc(-c2nnn(CC(=O)O)n2)cc1.CCn1nnc(-c2ccc(C(c3ccc(OCc4ccccn4)cc3)C(C)(C)C)cc2)n1. The van der Waals surface area contributed by atoms with E-state index in [1.165, 1.54) is 16.7 Å². The molecule has 4 aromatic heterocycles. The predicted octanol–water partition coefficient (Wildman–Crippen LogP) is 10.1. The number of carbonyl (C=O) groups is 1. The van der Waals surface area contributed by atoms with Crippen LogP contribution in [0.15, 0.2) is 146 Å². The Bertz CT molecular complexity index is 2750. The lowest BCUT2D eigenvalue weighted by atomic mass is 9.72. The van der Waals surface area contributed by atoms with Crippen molar-refractivity contribution in [3.63, 3.8) is 0 Å². The van der Waals surface area contributed by atoms with Gasteiger partial charge in [0.05, 0.1) is 17.9 Å². The number of aliphatic carboxylic acids is 1. The van der Waals surface area contributed by atoms with Crippen LogP contribution in [0.25, 0.3) is 22.8 Å². The fourth-order valence-electron chi connectivity index (χ4n) is 7.87. The summed E-state index contributed by atoms with van der Waals surface area (Å²) in [7, 11) is 0. The average Bonchev–Trinajstić information content (AvgIpc) is 3.99. The molecule has 8 aromatic rings. The fraction of sp³-hybridized carbons (Fsp3) is 0.288. The number of pyridine rings is 2. The van der Waals surface area contributed by atoms with Crippen LogP contribution in [0.5, 0.6) is 11.5 Å². The minimum absolute atomic E-state index is 0.0271. The van der Waals surface area contributed by atoms with Gasteiger partial charge in [0.15, 0.2) is 6.54 Å². The van der Waals surface area contributed by atoms with E-state index in [2.05, 4.69) is 143 Å². The maximum atomic E-state index is 10.8. The second kappa shape index (κ2) is 20.9. The number of rotatable bonds is 15. The molecule has 0 bridgehead atoms. The zero-order valence-corrected chi connectivity index (χ0v) is 38.5. The van der Waals surface area contributed by atoms with Gasteiger partial charge in [-0.1, -0.05) is 126 Å². The first-order valence-electron chi connectivity index (χ1n) is 22.0. The highest BCUT2D eigenvalue weighted by molar-refractivity contribution is 5.66. The Morgan fingerprint density at radius 1 is 0.545 bits per heavy atom. The summed E-state index contributed by atoms with van der Waals surface area (Å²) in [6.07, 6.45) is 3.54. The summed E-state index contributed by atoms with van der Waals surface area (Å²) in [5.74, 6) is 2.07. The molecule has 338 valence electrons. The van der Waals surface area contributed by atoms with E-state index in [1.54, 1.807) is 17.2 Å². The Labute approximate surface area is 385 Å². The predicted molar refractivity (Wildman–Crippen MR) is 252 cm³/mol. The van der Waals surface area contributed by atoms with Crippen LogP contribution in [0.2, 0.25) is 0 Å². The first-order valence-corrected chi connectivity index (χ1v) is 22.0. The van der Waals surface area contributed by atoms with E-state index in [9.17, 15) is 4.79 Å².